The maximum absolute atomic E-state index is 12.5. The highest BCUT2D eigenvalue weighted by atomic mass is 16.9. The van der Waals surface area contributed by atoms with Gasteiger partial charge in [0.15, 0.2) is 0 Å². The molecule has 0 aromatic heterocycles. The van der Waals surface area contributed by atoms with Crippen LogP contribution in [0, 0.1) is 15.3 Å². The van der Waals surface area contributed by atoms with E-state index in [9.17, 15) is 9.90 Å². The minimum Gasteiger partial charge on any atom is -0.461 e. The summed E-state index contributed by atoms with van der Waals surface area (Å²) in [6, 6.07) is 10.6. The monoisotopic (exact) mass is 366 g/mol. The fraction of sp³-hybridized carbons (Fsp3) is 0.611. The number of carbonyl (C=O) groups excluding carboxylic acids is 1. The molecule has 2 heterocycles. The topological polar surface area (TPSA) is 113 Å². The fourth-order valence-corrected chi connectivity index (χ4v) is 4.17. The Morgan fingerprint density at radius 2 is 1.73 bits per heavy atom. The summed E-state index contributed by atoms with van der Waals surface area (Å²) in [4.78, 5) is 20.7. The number of quaternary nitrogens is 1. The van der Waals surface area contributed by atoms with E-state index < -0.39 is 11.0 Å². The van der Waals surface area contributed by atoms with Crippen molar-refractivity contribution in [2.45, 2.75) is 49.8 Å². The van der Waals surface area contributed by atoms with Crippen LogP contribution in [0.25, 0.3) is 0 Å². The third kappa shape index (κ3) is 4.70. The minimum absolute atomic E-state index is 0.00825. The number of aliphatic hydroxyl groups is 1. The van der Waals surface area contributed by atoms with E-state index in [1.165, 1.54) is 12.8 Å². The lowest BCUT2D eigenvalue weighted by Crippen LogP contribution is -2.56. The number of esters is 1. The van der Waals surface area contributed by atoms with Crippen LogP contribution in [0.5, 0.6) is 0 Å². The Hall–Kier alpha value is -2.19. The molecule has 2 saturated heterocycles. The second-order valence-electron chi connectivity index (χ2n) is 7.41. The lowest BCUT2D eigenvalue weighted by molar-refractivity contribution is -0.931. The molecule has 26 heavy (non-hydrogen) atoms. The van der Waals surface area contributed by atoms with Crippen molar-refractivity contribution in [3.63, 3.8) is 0 Å². The fourth-order valence-electron chi connectivity index (χ4n) is 4.17. The van der Waals surface area contributed by atoms with Crippen LogP contribution in [0.2, 0.25) is 0 Å². The van der Waals surface area contributed by atoms with Gasteiger partial charge in [0, 0.05) is 25.7 Å². The lowest BCUT2D eigenvalue weighted by atomic mass is 9.96. The normalized spacial score (nSPS) is 27.0. The third-order valence-corrected chi connectivity index (χ3v) is 5.74. The van der Waals surface area contributed by atoms with Gasteiger partial charge in [0.25, 0.3) is 0 Å². The van der Waals surface area contributed by atoms with E-state index in [0.717, 1.165) is 22.9 Å². The number of hydrogen-bond donors (Lipinski definition) is 1. The quantitative estimate of drug-likeness (QED) is 0.376. The van der Waals surface area contributed by atoms with Crippen molar-refractivity contribution in [2.24, 2.45) is 0 Å². The zero-order chi connectivity index (χ0) is 19.3. The van der Waals surface area contributed by atoms with Crippen LogP contribution >= 0.6 is 0 Å². The molecule has 1 aromatic carbocycles. The van der Waals surface area contributed by atoms with Crippen molar-refractivity contribution in [1.82, 2.24) is 0 Å². The third-order valence-electron chi connectivity index (χ3n) is 5.74. The molecule has 0 saturated carbocycles. The van der Waals surface area contributed by atoms with Gasteiger partial charge >= 0.3 is 5.97 Å². The van der Waals surface area contributed by atoms with Gasteiger partial charge in [-0.2, -0.15) is 0 Å². The van der Waals surface area contributed by atoms with Crippen LogP contribution in [-0.4, -0.2) is 59.5 Å². The van der Waals surface area contributed by atoms with E-state index in [-0.39, 0.29) is 18.7 Å². The lowest BCUT2D eigenvalue weighted by Gasteiger charge is -2.44. The number of nitrogens with zero attached hydrogens (tertiary/aromatic N) is 2. The first-order valence-corrected chi connectivity index (χ1v) is 8.76. The average Bonchev–Trinajstić information content (AvgIpc) is 2.75. The second-order valence-corrected chi connectivity index (χ2v) is 7.41. The van der Waals surface area contributed by atoms with Crippen molar-refractivity contribution in [3.05, 3.63) is 51.2 Å². The maximum Gasteiger partial charge on any atom is 0.316 e. The van der Waals surface area contributed by atoms with Crippen LogP contribution in [0.4, 0.5) is 0 Å². The van der Waals surface area contributed by atoms with E-state index in [0.29, 0.717) is 12.1 Å². The molecule has 8 nitrogen and oxygen atoms in total. The zero-order valence-electron chi connectivity index (χ0n) is 15.1. The molecule has 2 fully saturated rings. The number of hydrogen-bond acceptors (Lipinski definition) is 6. The first kappa shape index (κ1) is 20.1. The molecule has 0 radical (unpaired) electrons. The summed E-state index contributed by atoms with van der Waals surface area (Å²) in [5, 5.41) is 24.3. The average molecular weight is 366 g/mol. The standard InChI is InChI=1S/C18H26NO3.NO3/c1-19(2)14-8-9-15(19)11-16(10-14)22-18(21)17(12-20)13-6-4-3-5-7-13;2-1(3)4/h3-7,14-17,20H,8-12H2,1-2H3;/q+1;-1. The highest BCUT2D eigenvalue weighted by molar-refractivity contribution is 5.78. The number of carbonyl (C=O) groups is 1. The summed E-state index contributed by atoms with van der Waals surface area (Å²) in [7, 11) is 4.59. The largest absolute Gasteiger partial charge is 0.461 e. The molecule has 3 rings (SSSR count). The van der Waals surface area contributed by atoms with Crippen LogP contribution in [-0.2, 0) is 9.53 Å². The van der Waals surface area contributed by atoms with Crippen LogP contribution in [0.3, 0.4) is 0 Å². The van der Waals surface area contributed by atoms with Gasteiger partial charge in [0.1, 0.15) is 12.0 Å². The first-order chi connectivity index (χ1) is 12.3. The van der Waals surface area contributed by atoms with Crippen molar-refractivity contribution in [3.8, 4) is 0 Å². The predicted molar refractivity (Wildman–Crippen MR) is 94.7 cm³/mol. The Bertz CT molecular complexity index is 601. The molecular formula is C18H26N2O6. The molecule has 0 amide bonds. The van der Waals surface area contributed by atoms with E-state index in [2.05, 4.69) is 14.1 Å². The predicted octanol–water partition coefficient (Wildman–Crippen LogP) is 1.84. The van der Waals surface area contributed by atoms with Crippen molar-refractivity contribution in [1.29, 1.82) is 0 Å². The van der Waals surface area contributed by atoms with Crippen LogP contribution in [0.15, 0.2) is 30.3 Å². The summed E-state index contributed by atoms with van der Waals surface area (Å²) in [6.45, 7) is -0.204. The van der Waals surface area contributed by atoms with Crippen LogP contribution < -0.4 is 0 Å². The van der Waals surface area contributed by atoms with Gasteiger partial charge < -0.3 is 29.6 Å². The summed E-state index contributed by atoms with van der Waals surface area (Å²) in [5.41, 5.74) is 0.824. The van der Waals surface area contributed by atoms with E-state index >= 15 is 0 Å². The Kier molecular flexibility index (Phi) is 6.55. The number of ether oxygens (including phenoxy) is 1. The zero-order valence-corrected chi connectivity index (χ0v) is 15.1. The van der Waals surface area contributed by atoms with Crippen LogP contribution in [0.1, 0.15) is 37.2 Å². The number of rotatable bonds is 4. The summed E-state index contributed by atoms with van der Waals surface area (Å²) >= 11 is 0. The highest BCUT2D eigenvalue weighted by Gasteiger charge is 2.50. The molecule has 0 aliphatic carbocycles. The molecule has 2 bridgehead atoms. The van der Waals surface area contributed by atoms with Crippen molar-refractivity contribution < 1.29 is 24.2 Å². The number of benzene rings is 1. The van der Waals surface area contributed by atoms with Crippen molar-refractivity contribution in [2.75, 3.05) is 20.7 Å². The van der Waals surface area contributed by atoms with Gasteiger partial charge in [0.05, 0.1) is 37.9 Å². The van der Waals surface area contributed by atoms with Gasteiger partial charge in [0.2, 0.25) is 0 Å². The second kappa shape index (κ2) is 8.46. The van der Waals surface area contributed by atoms with E-state index in [1.807, 2.05) is 30.3 Å². The van der Waals surface area contributed by atoms with Gasteiger partial charge in [-0.3, -0.25) is 4.79 Å². The molecule has 2 aliphatic rings. The van der Waals surface area contributed by atoms with Crippen molar-refractivity contribution >= 4 is 5.97 Å². The molecule has 144 valence electrons. The van der Waals surface area contributed by atoms with Gasteiger partial charge in [-0.05, 0) is 5.56 Å². The molecule has 1 aromatic rings. The molecule has 3 atom stereocenters. The summed E-state index contributed by atoms with van der Waals surface area (Å²) in [5.74, 6) is -0.853. The number of piperidine rings is 1. The van der Waals surface area contributed by atoms with Gasteiger partial charge in [-0.15, -0.1) is 0 Å². The smallest absolute Gasteiger partial charge is 0.316 e. The Morgan fingerprint density at radius 1 is 1.23 bits per heavy atom. The van der Waals surface area contributed by atoms with Gasteiger partial charge in [-0.25, -0.2) is 0 Å². The summed E-state index contributed by atoms with van der Waals surface area (Å²) < 4.78 is 6.83. The molecule has 2 aliphatic heterocycles. The first-order valence-electron chi connectivity index (χ1n) is 8.76. The van der Waals surface area contributed by atoms with E-state index in [1.54, 1.807) is 0 Å². The number of aliphatic hydroxyl groups excluding tert-OH is 1. The minimum atomic E-state index is -1.75. The molecule has 3 unspecified atom stereocenters. The maximum atomic E-state index is 12.5. The Morgan fingerprint density at radius 3 is 2.19 bits per heavy atom. The SMILES string of the molecule is C[N+]1(C)C2CCC1CC(OC(=O)C(CO)c1ccccc1)C2.O=[N+]([O-])[O-]. The molecule has 0 spiro atoms. The Labute approximate surface area is 152 Å². The summed E-state index contributed by atoms with van der Waals surface area (Å²) in [6.07, 6.45) is 4.36. The van der Waals surface area contributed by atoms with E-state index in [4.69, 9.17) is 20.1 Å². The Balaban J connectivity index is 0.000000552. The molecule has 1 N–H and O–H groups in total. The molecular weight excluding hydrogens is 340 g/mol. The number of fused-ring (bicyclic) bond motifs is 2. The van der Waals surface area contributed by atoms with Gasteiger partial charge in [-0.1, -0.05) is 30.3 Å². The highest BCUT2D eigenvalue weighted by Crippen LogP contribution is 2.40. The molecule has 8 heteroatoms.